The number of hydrogen-bond acceptors (Lipinski definition) is 6. The fourth-order valence-corrected chi connectivity index (χ4v) is 9.02. The Kier molecular flexibility index (Phi) is 5.68. The van der Waals surface area contributed by atoms with Crippen molar-refractivity contribution in [3.63, 3.8) is 0 Å². The molecule has 3 aromatic rings. The average molecular weight is 517 g/mol. The second-order valence-corrected chi connectivity index (χ2v) is 13.2. The first-order valence-electron chi connectivity index (χ1n) is 14.0. The minimum atomic E-state index is 0.0492. The van der Waals surface area contributed by atoms with Gasteiger partial charge in [-0.2, -0.15) is 0 Å². The van der Waals surface area contributed by atoms with Crippen LogP contribution in [0.15, 0.2) is 30.3 Å². The van der Waals surface area contributed by atoms with Crippen LogP contribution in [-0.4, -0.2) is 53.6 Å². The Morgan fingerprint density at radius 3 is 2.27 bits per heavy atom. The van der Waals surface area contributed by atoms with Crippen molar-refractivity contribution in [2.75, 3.05) is 37.7 Å². The van der Waals surface area contributed by atoms with Crippen molar-refractivity contribution in [1.29, 1.82) is 0 Å². The average Bonchev–Trinajstić information content (AvgIpc) is 3.20. The third-order valence-electron chi connectivity index (χ3n) is 9.56. The van der Waals surface area contributed by atoms with E-state index in [9.17, 15) is 4.79 Å². The molecule has 4 saturated carbocycles. The first-order chi connectivity index (χ1) is 18.0. The van der Waals surface area contributed by atoms with E-state index in [1.807, 2.05) is 46.6 Å². The van der Waals surface area contributed by atoms with Gasteiger partial charge in [0, 0.05) is 36.5 Å². The van der Waals surface area contributed by atoms with Gasteiger partial charge in [-0.05, 0) is 87.8 Å². The summed E-state index contributed by atoms with van der Waals surface area (Å²) in [5, 5.41) is 1.23. The number of rotatable bonds is 5. The van der Waals surface area contributed by atoms with Crippen molar-refractivity contribution in [3.05, 3.63) is 46.6 Å². The first-order valence-corrected chi connectivity index (χ1v) is 14.8. The van der Waals surface area contributed by atoms with Crippen molar-refractivity contribution in [3.8, 4) is 5.75 Å². The molecule has 1 saturated heterocycles. The molecule has 3 heterocycles. The van der Waals surface area contributed by atoms with Crippen LogP contribution in [0.1, 0.15) is 54.8 Å². The quantitative estimate of drug-likeness (QED) is 0.448. The van der Waals surface area contributed by atoms with E-state index < -0.39 is 0 Å². The van der Waals surface area contributed by atoms with E-state index in [0.29, 0.717) is 13.1 Å². The first kappa shape index (κ1) is 23.4. The number of para-hydroxylation sites is 1. The summed E-state index contributed by atoms with van der Waals surface area (Å²) >= 11 is 1.83. The molecule has 0 unspecified atom stereocenters. The Hall–Kier alpha value is -2.67. The summed E-state index contributed by atoms with van der Waals surface area (Å²) in [5.74, 6) is 5.61. The van der Waals surface area contributed by atoms with Gasteiger partial charge in [-0.15, -0.1) is 11.3 Å². The fourth-order valence-electron chi connectivity index (χ4n) is 8.00. The Bertz CT molecular complexity index is 1290. The van der Waals surface area contributed by atoms with Gasteiger partial charge in [0.1, 0.15) is 22.2 Å². The van der Waals surface area contributed by atoms with Crippen molar-refractivity contribution >= 4 is 33.3 Å². The summed E-state index contributed by atoms with van der Waals surface area (Å²) in [5.41, 5.74) is 1.48. The number of thiophene rings is 1. The number of benzene rings is 1. The van der Waals surface area contributed by atoms with Gasteiger partial charge in [0.2, 0.25) is 0 Å². The highest BCUT2D eigenvalue weighted by Gasteiger charge is 2.53. The van der Waals surface area contributed by atoms with Crippen molar-refractivity contribution in [1.82, 2.24) is 14.9 Å². The summed E-state index contributed by atoms with van der Waals surface area (Å²) in [6, 6.07) is 9.57. The summed E-state index contributed by atoms with van der Waals surface area (Å²) in [6.07, 6.45) is 8.10. The molecule has 194 valence electrons. The van der Waals surface area contributed by atoms with Crippen LogP contribution in [0.5, 0.6) is 5.75 Å². The monoisotopic (exact) mass is 516 g/mol. The number of fused-ring (bicyclic) bond motifs is 1. The number of nitrogens with zero attached hydrogens (tertiary/aromatic N) is 4. The number of anilines is 1. The Morgan fingerprint density at radius 2 is 1.62 bits per heavy atom. The molecule has 6 nitrogen and oxygen atoms in total. The number of piperazine rings is 1. The molecule has 5 aliphatic rings. The minimum Gasteiger partial charge on any atom is -0.484 e. The van der Waals surface area contributed by atoms with Crippen molar-refractivity contribution in [2.45, 2.75) is 57.8 Å². The van der Waals surface area contributed by atoms with Gasteiger partial charge in [-0.1, -0.05) is 18.2 Å². The summed E-state index contributed by atoms with van der Waals surface area (Å²) in [6.45, 7) is 7.47. The Labute approximate surface area is 223 Å². The molecule has 0 N–H and O–H groups in total. The second-order valence-electron chi connectivity index (χ2n) is 12.0. The van der Waals surface area contributed by atoms with Gasteiger partial charge in [-0.3, -0.25) is 4.79 Å². The lowest BCUT2D eigenvalue weighted by Crippen LogP contribution is -2.51. The van der Waals surface area contributed by atoms with Crippen LogP contribution < -0.4 is 9.64 Å². The molecule has 2 aromatic heterocycles. The molecule has 1 aromatic carbocycles. The normalized spacial score (nSPS) is 28.8. The zero-order valence-electron chi connectivity index (χ0n) is 21.9. The van der Waals surface area contributed by atoms with Crippen LogP contribution in [0.25, 0.3) is 10.2 Å². The summed E-state index contributed by atoms with van der Waals surface area (Å²) in [7, 11) is 0. The molecule has 4 bridgehead atoms. The van der Waals surface area contributed by atoms with Crippen LogP contribution in [0, 0.1) is 31.6 Å². The van der Waals surface area contributed by atoms with Crippen molar-refractivity contribution < 1.29 is 9.53 Å². The van der Waals surface area contributed by atoms with E-state index in [1.54, 1.807) is 0 Å². The van der Waals surface area contributed by atoms with E-state index in [0.717, 1.165) is 53.1 Å². The molecule has 0 atom stereocenters. The van der Waals surface area contributed by atoms with Crippen LogP contribution in [-0.2, 0) is 10.2 Å². The number of carbonyl (C=O) groups excluding carboxylic acids is 1. The molecule has 5 fully saturated rings. The largest absolute Gasteiger partial charge is 0.484 e. The molecule has 4 aliphatic carbocycles. The van der Waals surface area contributed by atoms with Crippen LogP contribution >= 0.6 is 11.3 Å². The van der Waals surface area contributed by atoms with E-state index in [4.69, 9.17) is 14.7 Å². The highest BCUT2D eigenvalue weighted by Crippen LogP contribution is 2.60. The SMILES string of the molecule is Cc1sc2nc(C34CC5CC(CC(C5)C3)C4)nc(N3CCN(C(=O)COc4ccccc4)CC3)c2c1C. The number of aryl methyl sites for hydroxylation is 2. The van der Waals surface area contributed by atoms with Gasteiger partial charge in [-0.25, -0.2) is 9.97 Å². The van der Waals surface area contributed by atoms with Gasteiger partial charge in [0.25, 0.3) is 5.91 Å². The third kappa shape index (κ3) is 4.10. The lowest BCUT2D eigenvalue weighted by atomic mass is 9.49. The molecule has 8 rings (SSSR count). The molecular formula is C30H36N4O2S. The van der Waals surface area contributed by atoms with E-state index >= 15 is 0 Å². The molecule has 7 heteroatoms. The van der Waals surface area contributed by atoms with Gasteiger partial charge in [0.15, 0.2) is 6.61 Å². The maximum atomic E-state index is 12.9. The number of hydrogen-bond donors (Lipinski definition) is 0. The van der Waals surface area contributed by atoms with E-state index in [2.05, 4.69) is 18.7 Å². The molecule has 1 amide bonds. The zero-order chi connectivity index (χ0) is 25.1. The fraction of sp³-hybridized carbons (Fsp3) is 0.567. The Morgan fingerprint density at radius 1 is 0.973 bits per heavy atom. The summed E-state index contributed by atoms with van der Waals surface area (Å²) in [4.78, 5) is 30.4. The molecule has 37 heavy (non-hydrogen) atoms. The Balaban J connectivity index is 1.14. The van der Waals surface area contributed by atoms with Crippen LogP contribution in [0.2, 0.25) is 0 Å². The highest BCUT2D eigenvalue weighted by atomic mass is 32.1. The maximum absolute atomic E-state index is 12.9. The van der Waals surface area contributed by atoms with Crippen molar-refractivity contribution in [2.24, 2.45) is 17.8 Å². The number of carbonyl (C=O) groups is 1. The van der Waals surface area contributed by atoms with Gasteiger partial charge in [0.05, 0.1) is 5.39 Å². The molecule has 1 aliphatic heterocycles. The van der Waals surface area contributed by atoms with Crippen LogP contribution in [0.3, 0.4) is 0 Å². The number of ether oxygens (including phenoxy) is 1. The highest BCUT2D eigenvalue weighted by molar-refractivity contribution is 7.18. The van der Waals surface area contributed by atoms with Gasteiger partial charge < -0.3 is 14.5 Å². The topological polar surface area (TPSA) is 58.6 Å². The number of amides is 1. The van der Waals surface area contributed by atoms with E-state index in [1.165, 1.54) is 54.4 Å². The number of aromatic nitrogens is 2. The predicted octanol–water partition coefficient (Wildman–Crippen LogP) is 5.50. The minimum absolute atomic E-state index is 0.0492. The standard InChI is InChI=1S/C30H36N4O2S/c1-19-20(2)37-28-26(19)27(31-29(32-28)30-15-21-12-22(16-30)14-23(13-21)17-30)34-10-8-33(9-11-34)25(35)18-36-24-6-4-3-5-7-24/h3-7,21-23H,8-18H2,1-2H3. The third-order valence-corrected chi connectivity index (χ3v) is 10.7. The zero-order valence-corrected chi connectivity index (χ0v) is 22.7. The van der Waals surface area contributed by atoms with E-state index in [-0.39, 0.29) is 17.9 Å². The lowest BCUT2D eigenvalue weighted by molar-refractivity contribution is -0.133. The molecule has 0 radical (unpaired) electrons. The lowest BCUT2D eigenvalue weighted by Gasteiger charge is -2.56. The molecular weight excluding hydrogens is 480 g/mol. The molecule has 0 spiro atoms. The van der Waals surface area contributed by atoms with Crippen LogP contribution in [0.4, 0.5) is 5.82 Å². The maximum Gasteiger partial charge on any atom is 0.260 e. The smallest absolute Gasteiger partial charge is 0.260 e. The predicted molar refractivity (Wildman–Crippen MR) is 147 cm³/mol. The second kappa shape index (κ2) is 8.97. The summed E-state index contributed by atoms with van der Waals surface area (Å²) < 4.78 is 5.72. The van der Waals surface area contributed by atoms with Gasteiger partial charge >= 0.3 is 0 Å².